The fourth-order valence-corrected chi connectivity index (χ4v) is 4.15. The van der Waals surface area contributed by atoms with Crippen LogP contribution in [0.25, 0.3) is 0 Å². The van der Waals surface area contributed by atoms with Gasteiger partial charge in [-0.1, -0.05) is 23.9 Å². The number of ether oxygens (including phenoxy) is 2. The predicted molar refractivity (Wildman–Crippen MR) is 129 cm³/mol. The SMILES string of the molecule is COc1cc(/C=N\NC(=O)CSc2nc(C)cc(C)n2)cc(Br)c1OCc1cccc(F)c1. The number of aromatic nitrogens is 2. The van der Waals surface area contributed by atoms with E-state index in [1.165, 1.54) is 37.2 Å². The molecule has 7 nitrogen and oxygen atoms in total. The summed E-state index contributed by atoms with van der Waals surface area (Å²) in [5.41, 5.74) is 5.57. The first-order valence-corrected chi connectivity index (χ1v) is 11.6. The Labute approximate surface area is 203 Å². The monoisotopic (exact) mass is 532 g/mol. The van der Waals surface area contributed by atoms with E-state index in [0.717, 1.165) is 11.4 Å². The van der Waals surface area contributed by atoms with Crippen LogP contribution in [-0.2, 0) is 11.4 Å². The minimum absolute atomic E-state index is 0.139. The third-order valence-corrected chi connectivity index (χ3v) is 5.66. The minimum Gasteiger partial charge on any atom is -0.493 e. The van der Waals surface area contributed by atoms with Crippen LogP contribution in [0.15, 0.2) is 57.2 Å². The van der Waals surface area contributed by atoms with E-state index < -0.39 is 0 Å². The summed E-state index contributed by atoms with van der Waals surface area (Å²) in [5.74, 6) is 0.486. The molecule has 172 valence electrons. The summed E-state index contributed by atoms with van der Waals surface area (Å²) in [6.07, 6.45) is 1.50. The van der Waals surface area contributed by atoms with Crippen LogP contribution in [0.2, 0.25) is 0 Å². The number of hydrazone groups is 1. The molecule has 3 rings (SSSR count). The number of methoxy groups -OCH3 is 1. The summed E-state index contributed by atoms with van der Waals surface area (Å²) in [6, 6.07) is 11.6. The molecule has 0 unspecified atom stereocenters. The van der Waals surface area contributed by atoms with Crippen molar-refractivity contribution in [2.45, 2.75) is 25.6 Å². The van der Waals surface area contributed by atoms with Crippen molar-refractivity contribution in [2.75, 3.05) is 12.9 Å². The second-order valence-electron chi connectivity index (χ2n) is 6.97. The van der Waals surface area contributed by atoms with Crippen molar-refractivity contribution in [1.29, 1.82) is 0 Å². The van der Waals surface area contributed by atoms with Gasteiger partial charge in [0.25, 0.3) is 5.91 Å². The lowest BCUT2D eigenvalue weighted by atomic mass is 10.2. The van der Waals surface area contributed by atoms with Gasteiger partial charge in [-0.3, -0.25) is 4.79 Å². The molecule has 1 aromatic heterocycles. The Morgan fingerprint density at radius 1 is 1.21 bits per heavy atom. The molecule has 10 heteroatoms. The number of nitrogens with one attached hydrogen (secondary N) is 1. The summed E-state index contributed by atoms with van der Waals surface area (Å²) in [5, 5.41) is 4.55. The lowest BCUT2D eigenvalue weighted by Gasteiger charge is -2.13. The van der Waals surface area contributed by atoms with Crippen molar-refractivity contribution < 1.29 is 18.7 Å². The standard InChI is InChI=1S/C23H22BrFN4O3S/c1-14-7-15(2)28-23(27-14)33-13-21(30)29-26-11-17-9-19(24)22(20(10-17)31-3)32-12-16-5-4-6-18(25)8-16/h4-11H,12-13H2,1-3H3,(H,29,30)/b26-11-. The number of amides is 1. The first kappa shape index (κ1) is 24.7. The van der Waals surface area contributed by atoms with Gasteiger partial charge in [-0.05, 0) is 71.2 Å². The molecule has 1 amide bonds. The Balaban J connectivity index is 1.58. The van der Waals surface area contributed by atoms with Crippen LogP contribution >= 0.6 is 27.7 Å². The highest BCUT2D eigenvalue weighted by atomic mass is 79.9. The number of nitrogens with zero attached hydrogens (tertiary/aromatic N) is 3. The van der Waals surface area contributed by atoms with Crippen LogP contribution in [-0.4, -0.2) is 35.0 Å². The number of benzene rings is 2. The highest BCUT2D eigenvalue weighted by Gasteiger charge is 2.12. The summed E-state index contributed by atoms with van der Waals surface area (Å²) < 4.78 is 25.2. The highest BCUT2D eigenvalue weighted by molar-refractivity contribution is 9.10. The van der Waals surface area contributed by atoms with Crippen LogP contribution in [0.4, 0.5) is 4.39 Å². The molecule has 0 atom stereocenters. The number of aryl methyl sites for hydroxylation is 2. The number of hydrogen-bond acceptors (Lipinski definition) is 7. The third-order valence-electron chi connectivity index (χ3n) is 4.22. The molecule has 3 aromatic rings. The van der Waals surface area contributed by atoms with Gasteiger partial charge in [-0.2, -0.15) is 5.10 Å². The maximum atomic E-state index is 13.4. The molecule has 0 radical (unpaired) electrons. The van der Waals surface area contributed by atoms with Crippen molar-refractivity contribution in [3.05, 3.63) is 75.3 Å². The molecule has 1 heterocycles. The van der Waals surface area contributed by atoms with E-state index >= 15 is 0 Å². The normalized spacial score (nSPS) is 10.9. The Kier molecular flexibility index (Phi) is 8.79. The average Bonchev–Trinajstić information content (AvgIpc) is 2.76. The lowest BCUT2D eigenvalue weighted by Crippen LogP contribution is -2.19. The molecule has 0 saturated heterocycles. The van der Waals surface area contributed by atoms with Gasteiger partial charge >= 0.3 is 0 Å². The molecule has 0 aliphatic heterocycles. The fourth-order valence-electron chi connectivity index (χ4n) is 2.84. The van der Waals surface area contributed by atoms with Crippen molar-refractivity contribution in [3.63, 3.8) is 0 Å². The average molecular weight is 533 g/mol. The van der Waals surface area contributed by atoms with Crippen LogP contribution in [0.1, 0.15) is 22.5 Å². The Morgan fingerprint density at radius 3 is 2.67 bits per heavy atom. The number of halogens is 2. The zero-order valence-electron chi connectivity index (χ0n) is 18.3. The molecule has 0 aliphatic rings. The van der Waals surface area contributed by atoms with Gasteiger partial charge in [0.2, 0.25) is 0 Å². The maximum Gasteiger partial charge on any atom is 0.250 e. The summed E-state index contributed by atoms with van der Waals surface area (Å²) in [7, 11) is 1.52. The molecule has 1 N–H and O–H groups in total. The molecule has 33 heavy (non-hydrogen) atoms. The Hall–Kier alpha value is -2.98. The fraction of sp³-hybridized carbons (Fsp3) is 0.217. The smallest absolute Gasteiger partial charge is 0.250 e. The molecule has 0 aliphatic carbocycles. The largest absolute Gasteiger partial charge is 0.493 e. The molecule has 0 fully saturated rings. The summed E-state index contributed by atoms with van der Waals surface area (Å²) in [4.78, 5) is 20.7. The molecular weight excluding hydrogens is 511 g/mol. The maximum absolute atomic E-state index is 13.4. The van der Waals surface area contributed by atoms with Crippen molar-refractivity contribution >= 4 is 39.8 Å². The van der Waals surface area contributed by atoms with Crippen molar-refractivity contribution in [2.24, 2.45) is 5.10 Å². The number of carbonyl (C=O) groups excluding carboxylic acids is 1. The van der Waals surface area contributed by atoms with Gasteiger partial charge in [0, 0.05) is 11.4 Å². The van der Waals surface area contributed by atoms with Gasteiger partial charge in [-0.25, -0.2) is 19.8 Å². The summed E-state index contributed by atoms with van der Waals surface area (Å²) >= 11 is 4.71. The topological polar surface area (TPSA) is 85.7 Å². The minimum atomic E-state index is -0.323. The van der Waals surface area contributed by atoms with E-state index in [9.17, 15) is 9.18 Å². The highest BCUT2D eigenvalue weighted by Crippen LogP contribution is 2.36. The van der Waals surface area contributed by atoms with Crippen LogP contribution in [0.3, 0.4) is 0 Å². The van der Waals surface area contributed by atoms with Gasteiger partial charge in [-0.15, -0.1) is 0 Å². The number of thioether (sulfide) groups is 1. The Morgan fingerprint density at radius 2 is 1.97 bits per heavy atom. The van der Waals surface area contributed by atoms with E-state index in [4.69, 9.17) is 9.47 Å². The van der Waals surface area contributed by atoms with Gasteiger partial charge in [0.05, 0.1) is 23.5 Å². The van der Waals surface area contributed by atoms with E-state index in [1.807, 2.05) is 19.9 Å². The predicted octanol–water partition coefficient (Wildman–Crippen LogP) is 4.83. The number of carbonyl (C=O) groups is 1. The molecule has 2 aromatic carbocycles. The number of rotatable bonds is 9. The first-order chi connectivity index (χ1) is 15.8. The zero-order valence-corrected chi connectivity index (χ0v) is 20.7. The second kappa shape index (κ2) is 11.8. The molecule has 0 spiro atoms. The molecule has 0 saturated carbocycles. The van der Waals surface area contributed by atoms with E-state index in [-0.39, 0.29) is 24.1 Å². The van der Waals surface area contributed by atoms with Gasteiger partial charge in [0.1, 0.15) is 12.4 Å². The summed E-state index contributed by atoms with van der Waals surface area (Å²) in [6.45, 7) is 3.94. The third kappa shape index (κ3) is 7.54. The Bertz CT molecular complexity index is 1160. The quantitative estimate of drug-likeness (QED) is 0.184. The van der Waals surface area contributed by atoms with Crippen molar-refractivity contribution in [1.82, 2.24) is 15.4 Å². The lowest BCUT2D eigenvalue weighted by molar-refractivity contribution is -0.118. The van der Waals surface area contributed by atoms with E-state index in [1.54, 1.807) is 24.3 Å². The molecule has 0 bridgehead atoms. The van der Waals surface area contributed by atoms with Crippen LogP contribution in [0, 0.1) is 19.7 Å². The second-order valence-corrected chi connectivity index (χ2v) is 8.76. The van der Waals surface area contributed by atoms with E-state index in [0.29, 0.717) is 32.3 Å². The van der Waals surface area contributed by atoms with Crippen LogP contribution in [0.5, 0.6) is 11.5 Å². The zero-order chi connectivity index (χ0) is 23.8. The van der Waals surface area contributed by atoms with Crippen molar-refractivity contribution in [3.8, 4) is 11.5 Å². The first-order valence-electron chi connectivity index (χ1n) is 9.86. The van der Waals surface area contributed by atoms with Crippen LogP contribution < -0.4 is 14.9 Å². The van der Waals surface area contributed by atoms with E-state index in [2.05, 4.69) is 36.4 Å². The van der Waals surface area contributed by atoms with Gasteiger partial charge in [0.15, 0.2) is 16.7 Å². The molecular formula is C23H22BrFN4O3S. The number of hydrogen-bond donors (Lipinski definition) is 1. The van der Waals surface area contributed by atoms with Gasteiger partial charge < -0.3 is 9.47 Å².